The third-order valence-electron chi connectivity index (χ3n) is 8.40. The number of rotatable bonds is 27. The van der Waals surface area contributed by atoms with Crippen molar-refractivity contribution in [2.45, 2.75) is 136 Å². The van der Waals surface area contributed by atoms with E-state index in [-0.39, 0.29) is 60.2 Å². The summed E-state index contributed by atoms with van der Waals surface area (Å²) in [5.74, 6) is -0.735. The molecule has 0 aliphatic carbocycles. The van der Waals surface area contributed by atoms with Gasteiger partial charge in [0.25, 0.3) is 0 Å². The average Bonchev–Trinajstić information content (AvgIpc) is 3.11. The van der Waals surface area contributed by atoms with Crippen LogP contribution >= 0.6 is 0 Å². The summed E-state index contributed by atoms with van der Waals surface area (Å²) in [5, 5.41) is 24.0. The number of ketones is 2. The maximum absolute atomic E-state index is 12.6. The molecule has 2 aromatic rings. The van der Waals surface area contributed by atoms with Crippen LogP contribution in [0.15, 0.2) is 48.5 Å². The molecular weight excluding hydrogens is 692 g/mol. The van der Waals surface area contributed by atoms with Gasteiger partial charge in [-0.15, -0.1) is 0 Å². The number of nitrogens with one attached hydrogen (secondary N) is 1. The fourth-order valence-electron chi connectivity index (χ4n) is 5.24. The van der Waals surface area contributed by atoms with Gasteiger partial charge in [-0.1, -0.05) is 48.5 Å². The second-order valence-electron chi connectivity index (χ2n) is 15.8. The third kappa shape index (κ3) is 17.9. The van der Waals surface area contributed by atoms with Crippen LogP contribution in [-0.4, -0.2) is 122 Å². The van der Waals surface area contributed by atoms with Gasteiger partial charge in [0, 0.05) is 23.2 Å². The van der Waals surface area contributed by atoms with Gasteiger partial charge >= 0.3 is 0 Å². The molecule has 0 aromatic heterocycles. The second-order valence-corrected chi connectivity index (χ2v) is 15.8. The van der Waals surface area contributed by atoms with E-state index in [4.69, 9.17) is 34.2 Å². The third-order valence-corrected chi connectivity index (χ3v) is 8.40. The van der Waals surface area contributed by atoms with Gasteiger partial charge in [0.1, 0.15) is 11.2 Å². The minimum atomic E-state index is -1.48. The minimum absolute atomic E-state index is 0.00627. The Bertz CT molecular complexity index is 1300. The van der Waals surface area contributed by atoms with E-state index in [1.54, 1.807) is 24.3 Å². The molecule has 7 unspecified atom stereocenters. The van der Waals surface area contributed by atoms with Crippen LogP contribution in [0, 0.1) is 0 Å². The van der Waals surface area contributed by atoms with Crippen LogP contribution in [0.4, 0.5) is 0 Å². The van der Waals surface area contributed by atoms with Crippen LogP contribution < -0.4 is 11.1 Å². The summed E-state index contributed by atoms with van der Waals surface area (Å²) in [7, 11) is 0. The first-order chi connectivity index (χ1) is 25.2. The smallest absolute Gasteiger partial charge is 0.193 e. The summed E-state index contributed by atoms with van der Waals surface area (Å²) in [5.41, 5.74) is 5.35. The predicted molar refractivity (Wildman–Crippen MR) is 210 cm³/mol. The van der Waals surface area contributed by atoms with E-state index in [9.17, 15) is 19.8 Å². The van der Waals surface area contributed by atoms with E-state index in [2.05, 4.69) is 5.32 Å². The van der Waals surface area contributed by atoms with Gasteiger partial charge in [0.15, 0.2) is 11.6 Å². The molecular formula is C42H68N2O10. The molecule has 0 saturated heterocycles. The largest absolute Gasteiger partial charge is 0.382 e. The zero-order chi connectivity index (χ0) is 40.6. The van der Waals surface area contributed by atoms with Gasteiger partial charge in [0.05, 0.1) is 82.8 Å². The fraction of sp³-hybridized carbons (Fsp3) is 0.667. The number of aliphatic hydroxyl groups is 2. The number of nitrogens with two attached hydrogens (primary N) is 1. The summed E-state index contributed by atoms with van der Waals surface area (Å²) in [6.07, 6.45) is -0.513. The lowest BCUT2D eigenvalue weighted by Gasteiger charge is -2.26. The number of carbonyl (C=O) groups is 2. The monoisotopic (exact) mass is 760 g/mol. The van der Waals surface area contributed by atoms with Gasteiger partial charge < -0.3 is 49.7 Å². The molecule has 0 radical (unpaired) electrons. The van der Waals surface area contributed by atoms with Crippen LogP contribution in [0.3, 0.4) is 0 Å². The van der Waals surface area contributed by atoms with Crippen molar-refractivity contribution in [3.8, 4) is 0 Å². The second kappa shape index (κ2) is 22.8. The number of benzene rings is 2. The van der Waals surface area contributed by atoms with Crippen LogP contribution in [0.25, 0.3) is 0 Å². The molecule has 0 spiro atoms. The number of hydrogen-bond donors (Lipinski definition) is 4. The summed E-state index contributed by atoms with van der Waals surface area (Å²) < 4.78 is 35.3. The molecule has 12 nitrogen and oxygen atoms in total. The van der Waals surface area contributed by atoms with E-state index in [1.807, 2.05) is 72.7 Å². The van der Waals surface area contributed by atoms with Crippen molar-refractivity contribution in [3.05, 3.63) is 70.8 Å². The van der Waals surface area contributed by atoms with Gasteiger partial charge in [0.2, 0.25) is 0 Å². The van der Waals surface area contributed by atoms with Gasteiger partial charge in [-0.05, 0) is 87.3 Å². The van der Waals surface area contributed by atoms with Crippen molar-refractivity contribution >= 4 is 11.6 Å². The van der Waals surface area contributed by atoms with Crippen LogP contribution in [0.2, 0.25) is 0 Å². The van der Waals surface area contributed by atoms with Crippen molar-refractivity contribution < 1.29 is 48.2 Å². The van der Waals surface area contributed by atoms with Crippen molar-refractivity contribution in [1.29, 1.82) is 0 Å². The van der Waals surface area contributed by atoms with Crippen LogP contribution in [-0.2, 0) is 28.4 Å². The van der Waals surface area contributed by atoms with E-state index < -0.39 is 11.2 Å². The summed E-state index contributed by atoms with van der Waals surface area (Å²) >= 11 is 0. The molecule has 0 aliphatic heterocycles. The van der Waals surface area contributed by atoms with Crippen molar-refractivity contribution in [2.75, 3.05) is 46.2 Å². The van der Waals surface area contributed by atoms with Gasteiger partial charge in [-0.3, -0.25) is 9.59 Å². The lowest BCUT2D eigenvalue weighted by Crippen LogP contribution is -2.36. The lowest BCUT2D eigenvalue weighted by atomic mass is 9.91. The Morgan fingerprint density at radius 2 is 0.870 bits per heavy atom. The standard InChI is InChI=1S/C42H68N2O10/c1-27(43)20-50-30(4)23-52-32(6)25-54-33(7)26-53-31(5)24-51-29(3)22-49-21-28(2)44-38(34-12-16-36(17-13-34)39(45)41(8,9)47)35-14-18-37(19-15-35)40(46)42(10,11)48/h12-19,27-33,38,44,47-48H,20-26,43H2,1-11H3. The van der Waals surface area contributed by atoms with Crippen molar-refractivity contribution in [3.63, 3.8) is 0 Å². The summed E-state index contributed by atoms with van der Waals surface area (Å²) in [6, 6.07) is 13.8. The maximum atomic E-state index is 12.6. The number of hydrogen-bond acceptors (Lipinski definition) is 12. The fourth-order valence-corrected chi connectivity index (χ4v) is 5.24. The first kappa shape index (κ1) is 47.5. The molecule has 54 heavy (non-hydrogen) atoms. The predicted octanol–water partition coefficient (Wildman–Crippen LogP) is 5.05. The van der Waals surface area contributed by atoms with E-state index >= 15 is 0 Å². The number of Topliss-reactive ketones (excluding diaryl/α,β-unsaturated/α-hetero) is 2. The summed E-state index contributed by atoms with van der Waals surface area (Å²) in [4.78, 5) is 25.3. The Labute approximate surface area is 323 Å². The first-order valence-electron chi connectivity index (χ1n) is 19.1. The molecule has 12 heteroatoms. The molecule has 2 rings (SSSR count). The highest BCUT2D eigenvalue weighted by Gasteiger charge is 2.27. The normalized spacial score (nSPS) is 16.4. The molecule has 0 bridgehead atoms. The van der Waals surface area contributed by atoms with Crippen LogP contribution in [0.5, 0.6) is 0 Å². The average molecular weight is 761 g/mol. The Morgan fingerprint density at radius 3 is 1.19 bits per heavy atom. The molecule has 306 valence electrons. The molecule has 0 amide bonds. The highest BCUT2D eigenvalue weighted by Crippen LogP contribution is 2.26. The first-order valence-corrected chi connectivity index (χ1v) is 19.1. The zero-order valence-electron chi connectivity index (χ0n) is 34.4. The summed E-state index contributed by atoms with van der Waals surface area (Å²) in [6.45, 7) is 22.6. The van der Waals surface area contributed by atoms with Gasteiger partial charge in [-0.2, -0.15) is 0 Å². The van der Waals surface area contributed by atoms with E-state index in [1.165, 1.54) is 27.7 Å². The Kier molecular flexibility index (Phi) is 20.1. The molecule has 0 aliphatic rings. The molecule has 5 N–H and O–H groups in total. The minimum Gasteiger partial charge on any atom is -0.382 e. The molecule has 2 aromatic carbocycles. The number of carbonyl (C=O) groups excluding carboxylic acids is 2. The van der Waals surface area contributed by atoms with E-state index in [0.717, 1.165) is 11.1 Å². The Hall–Kier alpha value is -2.62. The molecule has 0 saturated carbocycles. The number of ether oxygens (including phenoxy) is 6. The maximum Gasteiger partial charge on any atom is 0.193 e. The highest BCUT2D eigenvalue weighted by atomic mass is 16.6. The lowest BCUT2D eigenvalue weighted by molar-refractivity contribution is -0.0998. The molecule has 7 atom stereocenters. The Balaban J connectivity index is 1.85. The van der Waals surface area contributed by atoms with E-state index in [0.29, 0.717) is 57.4 Å². The van der Waals surface area contributed by atoms with Crippen LogP contribution in [0.1, 0.15) is 114 Å². The zero-order valence-corrected chi connectivity index (χ0v) is 34.4. The topological polar surface area (TPSA) is 168 Å². The quantitative estimate of drug-likeness (QED) is 0.0897. The van der Waals surface area contributed by atoms with Crippen molar-refractivity contribution in [2.24, 2.45) is 5.73 Å². The van der Waals surface area contributed by atoms with Gasteiger partial charge in [-0.25, -0.2) is 0 Å². The SMILES string of the molecule is CC(N)COC(C)COC(C)COC(C)COC(C)COC(C)COCC(C)NC(c1ccc(C(=O)C(C)(C)O)cc1)c1ccc(C(=O)C(C)(C)O)cc1. The molecule has 0 heterocycles. The van der Waals surface area contributed by atoms with Crippen molar-refractivity contribution in [1.82, 2.24) is 5.32 Å². The Morgan fingerprint density at radius 1 is 0.556 bits per heavy atom. The highest BCUT2D eigenvalue weighted by molar-refractivity contribution is 6.02. The molecule has 0 fully saturated rings.